The molecule has 14 heavy (non-hydrogen) atoms. The molecule has 0 saturated heterocycles. The van der Waals surface area contributed by atoms with Crippen LogP contribution in [0.2, 0.25) is 5.02 Å². The highest BCUT2D eigenvalue weighted by Crippen LogP contribution is 2.23. The van der Waals surface area contributed by atoms with Gasteiger partial charge in [-0.15, -0.1) is 11.8 Å². The van der Waals surface area contributed by atoms with Gasteiger partial charge in [-0.05, 0) is 18.2 Å². The number of carbonyl (C=O) groups is 1. The van der Waals surface area contributed by atoms with Crippen LogP contribution >= 0.6 is 23.4 Å². The van der Waals surface area contributed by atoms with Crippen molar-refractivity contribution in [2.24, 2.45) is 0 Å². The Kier molecular flexibility index (Phi) is 4.22. The first kappa shape index (κ1) is 11.3. The molecule has 0 bridgehead atoms. The van der Waals surface area contributed by atoms with Crippen LogP contribution in [0.25, 0.3) is 0 Å². The molecule has 1 rings (SSSR count). The maximum atomic E-state index is 10.8. The largest absolute Gasteiger partial charge is 0.478 e. The third-order valence-corrected chi connectivity index (χ3v) is 2.91. The molecule has 0 aliphatic rings. The van der Waals surface area contributed by atoms with E-state index in [1.807, 2.05) is 6.92 Å². The van der Waals surface area contributed by atoms with Crippen LogP contribution in [0.3, 0.4) is 0 Å². The Morgan fingerprint density at radius 1 is 1.71 bits per heavy atom. The Morgan fingerprint density at radius 3 is 3.00 bits per heavy atom. The van der Waals surface area contributed by atoms with Crippen molar-refractivity contribution < 1.29 is 9.90 Å². The van der Waals surface area contributed by atoms with Gasteiger partial charge in [-0.25, -0.2) is 9.78 Å². The summed E-state index contributed by atoms with van der Waals surface area (Å²) in [7, 11) is 0. The highest BCUT2D eigenvalue weighted by Gasteiger charge is 2.11. The summed E-state index contributed by atoms with van der Waals surface area (Å²) >= 11 is 7.09. The molecule has 3 nitrogen and oxygen atoms in total. The van der Waals surface area contributed by atoms with Gasteiger partial charge in [0.25, 0.3) is 0 Å². The molecular weight excluding hydrogens is 222 g/mol. The second-order valence-electron chi connectivity index (χ2n) is 2.66. The average molecular weight is 232 g/mol. The van der Waals surface area contributed by atoms with E-state index in [1.54, 1.807) is 0 Å². The van der Waals surface area contributed by atoms with Crippen LogP contribution in [0.1, 0.15) is 23.7 Å². The molecular formula is C9H10ClNO2S. The van der Waals surface area contributed by atoms with Gasteiger partial charge >= 0.3 is 5.97 Å². The van der Waals surface area contributed by atoms with E-state index < -0.39 is 5.97 Å². The molecule has 1 heterocycles. The highest BCUT2D eigenvalue weighted by molar-refractivity contribution is 7.99. The molecule has 0 fully saturated rings. The number of halogens is 1. The van der Waals surface area contributed by atoms with Crippen LogP contribution < -0.4 is 0 Å². The summed E-state index contributed by atoms with van der Waals surface area (Å²) in [5.41, 5.74) is 0.177. The summed E-state index contributed by atoms with van der Waals surface area (Å²) < 4.78 is 0. The predicted molar refractivity (Wildman–Crippen MR) is 57.2 cm³/mol. The van der Waals surface area contributed by atoms with Crippen LogP contribution in [-0.4, -0.2) is 21.8 Å². The first-order chi connectivity index (χ1) is 6.65. The van der Waals surface area contributed by atoms with E-state index in [4.69, 9.17) is 16.7 Å². The number of thioether (sulfide) groups is 1. The molecule has 1 aromatic heterocycles. The van der Waals surface area contributed by atoms with E-state index in [9.17, 15) is 4.79 Å². The van der Waals surface area contributed by atoms with Crippen LogP contribution in [0.4, 0.5) is 0 Å². The highest BCUT2D eigenvalue weighted by atomic mass is 35.5. The van der Waals surface area contributed by atoms with Crippen molar-refractivity contribution in [3.63, 3.8) is 0 Å². The lowest BCUT2D eigenvalue weighted by Crippen LogP contribution is -2.01. The number of nitrogens with zero attached hydrogens (tertiary/aromatic N) is 1. The van der Waals surface area contributed by atoms with Gasteiger partial charge in [0, 0.05) is 6.20 Å². The van der Waals surface area contributed by atoms with Crippen LogP contribution in [-0.2, 0) is 0 Å². The van der Waals surface area contributed by atoms with E-state index >= 15 is 0 Å². The third kappa shape index (κ3) is 2.89. The zero-order chi connectivity index (χ0) is 10.6. The van der Waals surface area contributed by atoms with Crippen LogP contribution in [0, 0.1) is 0 Å². The lowest BCUT2D eigenvalue weighted by Gasteiger charge is -2.03. The molecule has 0 aromatic carbocycles. The second-order valence-corrected chi connectivity index (χ2v) is 4.18. The fourth-order valence-corrected chi connectivity index (χ4v) is 1.88. The minimum Gasteiger partial charge on any atom is -0.478 e. The Labute approximate surface area is 91.5 Å². The Hall–Kier alpha value is -0.740. The number of carboxylic acid groups (broad SMARTS) is 1. The van der Waals surface area contributed by atoms with E-state index in [0.29, 0.717) is 10.0 Å². The minimum absolute atomic E-state index is 0.177. The maximum absolute atomic E-state index is 10.8. The van der Waals surface area contributed by atoms with Gasteiger partial charge in [-0.1, -0.05) is 18.5 Å². The van der Waals surface area contributed by atoms with Crippen molar-refractivity contribution in [3.05, 3.63) is 22.8 Å². The van der Waals surface area contributed by atoms with Gasteiger partial charge < -0.3 is 5.11 Å². The molecule has 1 aromatic rings. The molecule has 0 radical (unpaired) electrons. The molecule has 0 unspecified atom stereocenters. The fourth-order valence-electron chi connectivity index (χ4n) is 0.894. The number of carboxylic acids is 1. The van der Waals surface area contributed by atoms with Crippen molar-refractivity contribution in [3.8, 4) is 0 Å². The third-order valence-electron chi connectivity index (χ3n) is 1.49. The van der Waals surface area contributed by atoms with Crippen molar-refractivity contribution in [2.75, 3.05) is 5.75 Å². The molecule has 0 aliphatic heterocycles. The lowest BCUT2D eigenvalue weighted by atomic mass is 10.3. The van der Waals surface area contributed by atoms with E-state index in [1.165, 1.54) is 24.0 Å². The average Bonchev–Trinajstić information content (AvgIpc) is 2.15. The van der Waals surface area contributed by atoms with Crippen molar-refractivity contribution >= 4 is 29.3 Å². The Balaban J connectivity index is 2.96. The number of aromatic carboxylic acids is 1. The molecule has 0 amide bonds. The van der Waals surface area contributed by atoms with Gasteiger partial charge in [0.15, 0.2) is 0 Å². The van der Waals surface area contributed by atoms with Crippen molar-refractivity contribution in [1.29, 1.82) is 0 Å². The zero-order valence-electron chi connectivity index (χ0n) is 7.66. The molecule has 5 heteroatoms. The number of rotatable bonds is 4. The SMILES string of the molecule is CCCSc1ncc(Cl)cc1C(=O)O. The van der Waals surface area contributed by atoms with Gasteiger partial charge in [0.2, 0.25) is 0 Å². The molecule has 0 aliphatic carbocycles. The van der Waals surface area contributed by atoms with E-state index in [-0.39, 0.29) is 5.56 Å². The topological polar surface area (TPSA) is 50.2 Å². The normalized spacial score (nSPS) is 10.1. The number of hydrogen-bond donors (Lipinski definition) is 1. The number of hydrogen-bond acceptors (Lipinski definition) is 3. The number of pyridine rings is 1. The molecule has 1 N–H and O–H groups in total. The summed E-state index contributed by atoms with van der Waals surface area (Å²) in [5, 5.41) is 9.76. The second kappa shape index (κ2) is 5.22. The first-order valence-electron chi connectivity index (χ1n) is 4.16. The molecule has 76 valence electrons. The predicted octanol–water partition coefficient (Wildman–Crippen LogP) is 2.94. The monoisotopic (exact) mass is 231 g/mol. The van der Waals surface area contributed by atoms with Crippen molar-refractivity contribution in [1.82, 2.24) is 4.98 Å². The van der Waals surface area contributed by atoms with E-state index in [2.05, 4.69) is 4.98 Å². The summed E-state index contributed by atoms with van der Waals surface area (Å²) in [6, 6.07) is 1.43. The number of aromatic nitrogens is 1. The quantitative estimate of drug-likeness (QED) is 0.810. The lowest BCUT2D eigenvalue weighted by molar-refractivity contribution is 0.0692. The maximum Gasteiger partial charge on any atom is 0.338 e. The zero-order valence-corrected chi connectivity index (χ0v) is 9.23. The summed E-state index contributed by atoms with van der Waals surface area (Å²) in [6.07, 6.45) is 2.44. The van der Waals surface area contributed by atoms with Gasteiger partial charge in [0.05, 0.1) is 10.6 Å². The smallest absolute Gasteiger partial charge is 0.338 e. The van der Waals surface area contributed by atoms with Gasteiger partial charge in [-0.2, -0.15) is 0 Å². The fraction of sp³-hybridized carbons (Fsp3) is 0.333. The molecule has 0 atom stereocenters. The van der Waals surface area contributed by atoms with Gasteiger partial charge in [0.1, 0.15) is 5.03 Å². The minimum atomic E-state index is -0.987. The van der Waals surface area contributed by atoms with Gasteiger partial charge in [-0.3, -0.25) is 0 Å². The Morgan fingerprint density at radius 2 is 2.43 bits per heavy atom. The molecule has 0 spiro atoms. The van der Waals surface area contributed by atoms with Crippen molar-refractivity contribution in [2.45, 2.75) is 18.4 Å². The summed E-state index contributed by atoms with van der Waals surface area (Å²) in [6.45, 7) is 2.03. The summed E-state index contributed by atoms with van der Waals surface area (Å²) in [4.78, 5) is 14.8. The molecule has 0 saturated carbocycles. The first-order valence-corrected chi connectivity index (χ1v) is 5.53. The van der Waals surface area contributed by atoms with Crippen LogP contribution in [0.15, 0.2) is 17.3 Å². The summed E-state index contributed by atoms with van der Waals surface area (Å²) in [5.74, 6) is -0.131. The Bertz CT molecular complexity index is 344. The van der Waals surface area contributed by atoms with E-state index in [0.717, 1.165) is 12.2 Å². The standard InChI is InChI=1S/C9H10ClNO2S/c1-2-3-14-8-7(9(12)13)4-6(10)5-11-8/h4-5H,2-3H2,1H3,(H,12,13). The van der Waals surface area contributed by atoms with Crippen LogP contribution in [0.5, 0.6) is 0 Å².